The summed E-state index contributed by atoms with van der Waals surface area (Å²) in [6.07, 6.45) is -0.850. The van der Waals surface area contributed by atoms with Crippen LogP contribution in [-0.2, 0) is 159 Å². The zero-order chi connectivity index (χ0) is 94.5. The van der Waals surface area contributed by atoms with Crippen molar-refractivity contribution in [3.63, 3.8) is 0 Å². The molecule has 0 spiro atoms. The van der Waals surface area contributed by atoms with E-state index >= 15 is 0 Å². The lowest BCUT2D eigenvalue weighted by molar-refractivity contribution is -0.211. The van der Waals surface area contributed by atoms with Crippen LogP contribution in [0.1, 0.15) is 211 Å². The Labute approximate surface area is 760 Å². The SMILES string of the molecule is CC(=O)NC1C(SCCCCCCNC(=O)CCOCC(COCCC(=O)NCCCCCCSC2OC(COC(C)=O)C(OC(C)=O)C(OC(C)=O)C2NC(C)=O)(COCCC(=O)NCCCCCCSC2OC(COC(C)=O)C(OC(C)=O)C(OC(C)=O)C2NC(C)=O)NC(=O)CCCC(=O)OCc2ccccc2)CC(COC(C)=O)C(OC(C)=O)C1OC(C)=O. The van der Waals surface area contributed by atoms with Gasteiger partial charge in [0.15, 0.2) is 30.5 Å². The van der Waals surface area contributed by atoms with Gasteiger partial charge >= 0.3 is 59.7 Å². The maximum Gasteiger partial charge on any atom is 0.306 e. The third-order valence-electron chi connectivity index (χ3n) is 19.8. The molecular formula is C86H133N7O32S3. The molecule has 39 nitrogen and oxygen atoms in total. The van der Waals surface area contributed by atoms with Crippen molar-refractivity contribution >= 4 is 136 Å². The van der Waals surface area contributed by atoms with E-state index in [2.05, 4.69) is 37.2 Å². The molecule has 0 aromatic heterocycles. The molecule has 128 heavy (non-hydrogen) atoms. The quantitative estimate of drug-likeness (QED) is 0.0261. The fraction of sp³-hybridized carbons (Fsp3) is 0.733. The predicted molar refractivity (Wildman–Crippen MR) is 464 cm³/mol. The summed E-state index contributed by atoms with van der Waals surface area (Å²) in [5.74, 6) is -8.19. The van der Waals surface area contributed by atoms with Crippen LogP contribution in [0.5, 0.6) is 0 Å². The molecule has 2 heterocycles. The minimum atomic E-state index is -1.50. The minimum absolute atomic E-state index is 0.0336. The molecule has 3 fully saturated rings. The van der Waals surface area contributed by atoms with E-state index in [1.165, 1.54) is 92.8 Å². The van der Waals surface area contributed by atoms with Crippen molar-refractivity contribution in [2.24, 2.45) is 5.92 Å². The number of carbonyl (C=O) groups is 17. The molecule has 15 atom stereocenters. The van der Waals surface area contributed by atoms with Gasteiger partial charge < -0.3 is 108 Å². The van der Waals surface area contributed by atoms with E-state index in [4.69, 9.17) is 71.1 Å². The standard InChI is InChI=1S/C86H133N7O32S3/c1-53(94)90-75-69(45-66(47-114-56(4)97)78(118-59(7)100)81(75)121-62(10)103)126-42-25-16-13-22-36-87-70(106)33-39-111-50-86(93-73(109)31-28-32-74(110)117-46-65-29-20-19-21-30-65,51-112-40-34-71(107)88-37-23-14-17-26-43-127-84-76(91-54(2)95)82(122-63(11)104)79(119-60(8)101)67(124-84)48-115-57(5)98)52-113-41-35-72(108)89-38-24-15-18-27-44-128-85-77(92-55(3)96)83(123-64(12)105)80(120-61(9)102)68(125-85)49-116-58(6)99/h19-21,29-30,66-69,75-85H,13-18,22-28,31-52H2,1-12H3,(H,87,106)(H,88,107)(H,89,108)(H,90,94)(H,91,95)(H,92,96)(H,93,109). The molecule has 7 N–H and O–H groups in total. The highest BCUT2D eigenvalue weighted by atomic mass is 32.2. The normalized spacial score (nSPS) is 22.2. The van der Waals surface area contributed by atoms with E-state index < -0.39 is 167 Å². The summed E-state index contributed by atoms with van der Waals surface area (Å²) in [5.41, 5.74) is -2.36. The highest BCUT2D eigenvalue weighted by molar-refractivity contribution is 8.00. The summed E-state index contributed by atoms with van der Waals surface area (Å²) >= 11 is 4.19. The molecule has 1 aromatic carbocycles. The summed E-state index contributed by atoms with van der Waals surface area (Å²) < 4.78 is 85.8. The van der Waals surface area contributed by atoms with Gasteiger partial charge in [-0.2, -0.15) is 11.8 Å². The maximum absolute atomic E-state index is 14.1. The van der Waals surface area contributed by atoms with E-state index in [1.54, 1.807) is 11.8 Å². The minimum Gasteiger partial charge on any atom is -0.465 e. The number of nitrogens with one attached hydrogen (secondary N) is 7. The Morgan fingerprint density at radius 1 is 0.359 bits per heavy atom. The number of benzene rings is 1. The average Bonchev–Trinajstić information content (AvgIpc) is 0.792. The van der Waals surface area contributed by atoms with Crippen LogP contribution in [0.4, 0.5) is 0 Å². The first-order valence-corrected chi connectivity index (χ1v) is 46.5. The monoisotopic (exact) mass is 1870 g/mol. The van der Waals surface area contributed by atoms with Crippen molar-refractivity contribution in [3.05, 3.63) is 35.9 Å². The lowest BCUT2D eigenvalue weighted by Crippen LogP contribution is -2.65. The van der Waals surface area contributed by atoms with E-state index in [-0.39, 0.29) is 133 Å². The second kappa shape index (κ2) is 62.4. The van der Waals surface area contributed by atoms with E-state index in [0.29, 0.717) is 101 Å². The number of hydrogen-bond acceptors (Lipinski definition) is 35. The molecule has 0 bridgehead atoms. The lowest BCUT2D eigenvalue weighted by Gasteiger charge is -2.45. The van der Waals surface area contributed by atoms with E-state index in [1.807, 2.05) is 30.3 Å². The number of rotatable bonds is 61. The fourth-order valence-corrected chi connectivity index (χ4v) is 18.2. The van der Waals surface area contributed by atoms with Crippen LogP contribution >= 0.6 is 35.3 Å². The maximum atomic E-state index is 14.1. The number of esters is 10. The van der Waals surface area contributed by atoms with Crippen molar-refractivity contribution in [3.8, 4) is 0 Å². The third kappa shape index (κ3) is 47.1. The van der Waals surface area contributed by atoms with Crippen molar-refractivity contribution in [2.75, 3.05) is 96.4 Å². The van der Waals surface area contributed by atoms with Crippen LogP contribution < -0.4 is 37.2 Å². The van der Waals surface area contributed by atoms with Crippen LogP contribution in [-0.4, -0.2) is 286 Å². The van der Waals surface area contributed by atoms with Crippen molar-refractivity contribution in [1.29, 1.82) is 0 Å². The van der Waals surface area contributed by atoms with Gasteiger partial charge in [0.1, 0.15) is 66.6 Å². The molecule has 4 rings (SSSR count). The molecule has 15 unspecified atom stereocenters. The Morgan fingerprint density at radius 3 is 1.09 bits per heavy atom. The van der Waals surface area contributed by atoms with Gasteiger partial charge in [-0.25, -0.2) is 0 Å². The molecule has 3 aliphatic rings. The molecule has 0 radical (unpaired) electrons. The number of unbranched alkanes of at least 4 members (excludes halogenated alkanes) is 9. The van der Waals surface area contributed by atoms with Crippen molar-refractivity contribution < 1.29 is 153 Å². The molecule has 2 aliphatic heterocycles. The average molecular weight is 1870 g/mol. The number of ether oxygens (including phenoxy) is 15. The van der Waals surface area contributed by atoms with Gasteiger partial charge in [-0.1, -0.05) is 68.9 Å². The number of thioether (sulfide) groups is 3. The van der Waals surface area contributed by atoms with Crippen LogP contribution in [0.25, 0.3) is 0 Å². The van der Waals surface area contributed by atoms with Gasteiger partial charge in [-0.3, -0.25) is 81.5 Å². The van der Waals surface area contributed by atoms with Gasteiger partial charge in [0.05, 0.1) is 52.3 Å². The first-order valence-electron chi connectivity index (χ1n) is 43.4. The molecule has 1 saturated carbocycles. The van der Waals surface area contributed by atoms with Gasteiger partial charge in [0, 0.05) is 146 Å². The number of hydrogen-bond donors (Lipinski definition) is 7. The van der Waals surface area contributed by atoms with Crippen LogP contribution in [0.3, 0.4) is 0 Å². The van der Waals surface area contributed by atoms with E-state index in [0.717, 1.165) is 38.7 Å². The van der Waals surface area contributed by atoms with Crippen molar-refractivity contribution in [1.82, 2.24) is 37.2 Å². The predicted octanol–water partition coefficient (Wildman–Crippen LogP) is 4.84. The van der Waals surface area contributed by atoms with E-state index in [9.17, 15) is 81.5 Å². The largest absolute Gasteiger partial charge is 0.465 e. The Kier molecular flexibility index (Phi) is 54.3. The Bertz CT molecular complexity index is 3390. The summed E-state index contributed by atoms with van der Waals surface area (Å²) in [7, 11) is 0. The molecule has 2 saturated heterocycles. The van der Waals surface area contributed by atoms with Gasteiger partial charge in [0.2, 0.25) is 41.4 Å². The summed E-state index contributed by atoms with van der Waals surface area (Å²) in [6, 6.07) is 6.44. The second-order valence-electron chi connectivity index (χ2n) is 31.3. The summed E-state index contributed by atoms with van der Waals surface area (Å²) in [4.78, 5) is 214. The Morgan fingerprint density at radius 2 is 0.711 bits per heavy atom. The van der Waals surface area contributed by atoms with Gasteiger partial charge in [-0.05, 0) is 74.2 Å². The van der Waals surface area contributed by atoms with Crippen LogP contribution in [0.15, 0.2) is 30.3 Å². The molecule has 1 aromatic rings. The third-order valence-corrected chi connectivity index (χ3v) is 23.7. The zero-order valence-electron chi connectivity index (χ0n) is 75.6. The zero-order valence-corrected chi connectivity index (χ0v) is 78.0. The first-order chi connectivity index (χ1) is 60.9. The molecule has 722 valence electrons. The topological polar surface area (TPSA) is 513 Å². The Balaban J connectivity index is 1.41. The highest BCUT2D eigenvalue weighted by Crippen LogP contribution is 2.39. The smallest absolute Gasteiger partial charge is 0.306 e. The van der Waals surface area contributed by atoms with Crippen LogP contribution in [0, 0.1) is 5.92 Å². The lowest BCUT2D eigenvalue weighted by atomic mass is 9.80. The van der Waals surface area contributed by atoms with Gasteiger partial charge in [0.25, 0.3) is 0 Å². The summed E-state index contributed by atoms with van der Waals surface area (Å²) in [5, 5.41) is 19.8. The molecule has 1 aliphatic carbocycles. The number of amides is 7. The molecular weight excluding hydrogens is 1740 g/mol. The fourth-order valence-electron chi connectivity index (χ4n) is 14.2. The highest BCUT2D eigenvalue weighted by Gasteiger charge is 2.54. The Hall–Kier alpha value is -8.94. The van der Waals surface area contributed by atoms with Crippen molar-refractivity contribution in [2.45, 2.75) is 300 Å². The summed E-state index contributed by atoms with van der Waals surface area (Å²) in [6.45, 7) is 13.6. The first kappa shape index (κ1) is 111. The van der Waals surface area contributed by atoms with Gasteiger partial charge in [-0.15, -0.1) is 23.5 Å². The molecule has 42 heteroatoms. The number of carbonyl (C=O) groups excluding carboxylic acids is 17. The molecule has 7 amide bonds. The second-order valence-corrected chi connectivity index (χ2v) is 35.1. The van der Waals surface area contributed by atoms with Crippen LogP contribution in [0.2, 0.25) is 0 Å².